The molecule has 1 aromatic heterocycles. The van der Waals surface area contributed by atoms with E-state index in [2.05, 4.69) is 25.9 Å². The lowest BCUT2D eigenvalue weighted by Crippen LogP contribution is -2.17. The number of thioether (sulfide) groups is 1. The molecule has 0 aliphatic carbocycles. The predicted molar refractivity (Wildman–Crippen MR) is 125 cm³/mol. The van der Waals surface area contributed by atoms with Crippen LogP contribution in [0.15, 0.2) is 56.9 Å². The van der Waals surface area contributed by atoms with E-state index >= 15 is 0 Å². The van der Waals surface area contributed by atoms with E-state index in [-0.39, 0.29) is 11.7 Å². The van der Waals surface area contributed by atoms with Crippen LogP contribution in [-0.4, -0.2) is 23.2 Å². The summed E-state index contributed by atoms with van der Waals surface area (Å²) in [6.45, 7) is 5.87. The monoisotopic (exact) mass is 488 g/mol. The van der Waals surface area contributed by atoms with Crippen LogP contribution < -0.4 is 15.0 Å². The number of nitrogens with one attached hydrogen (secondary N) is 1. The van der Waals surface area contributed by atoms with Crippen LogP contribution in [0, 0.1) is 6.92 Å². The largest absolute Gasteiger partial charge is 0.496 e. The first-order valence-electron chi connectivity index (χ1n) is 9.66. The van der Waals surface area contributed by atoms with E-state index in [4.69, 9.17) is 9.47 Å². The standard InChI is InChI=1S/C23H25BrN2O3S/c1-14(2)29-18-8-5-16(6-9-18)11-19-15(3)25-23(26-22(19)27)30-13-17-7-10-21(28-4)20(24)12-17/h5-10,12,14H,11,13H2,1-4H3,(H,25,26,27). The van der Waals surface area contributed by atoms with E-state index in [1.807, 2.05) is 63.2 Å². The summed E-state index contributed by atoms with van der Waals surface area (Å²) in [5.41, 5.74) is 3.50. The van der Waals surface area contributed by atoms with Crippen molar-refractivity contribution < 1.29 is 9.47 Å². The van der Waals surface area contributed by atoms with Gasteiger partial charge in [-0.3, -0.25) is 4.79 Å². The highest BCUT2D eigenvalue weighted by molar-refractivity contribution is 9.10. The Balaban J connectivity index is 1.69. The van der Waals surface area contributed by atoms with Gasteiger partial charge in [0.05, 0.1) is 17.7 Å². The quantitative estimate of drug-likeness (QED) is 0.334. The van der Waals surface area contributed by atoms with Gasteiger partial charge in [0.15, 0.2) is 5.16 Å². The molecule has 3 aromatic rings. The number of aromatic amines is 1. The molecule has 7 heteroatoms. The second-order valence-electron chi connectivity index (χ2n) is 7.18. The zero-order chi connectivity index (χ0) is 21.7. The van der Waals surface area contributed by atoms with Crippen LogP contribution in [-0.2, 0) is 12.2 Å². The minimum atomic E-state index is -0.0941. The molecule has 3 rings (SSSR count). The van der Waals surface area contributed by atoms with E-state index in [0.29, 0.717) is 22.9 Å². The first kappa shape index (κ1) is 22.4. The van der Waals surface area contributed by atoms with Crippen LogP contribution in [0.2, 0.25) is 0 Å². The van der Waals surface area contributed by atoms with E-state index in [1.54, 1.807) is 7.11 Å². The van der Waals surface area contributed by atoms with Gasteiger partial charge in [-0.05, 0) is 72.1 Å². The van der Waals surface area contributed by atoms with Crippen LogP contribution in [0.25, 0.3) is 0 Å². The van der Waals surface area contributed by atoms with E-state index < -0.39 is 0 Å². The van der Waals surface area contributed by atoms with Gasteiger partial charge < -0.3 is 14.5 Å². The molecular weight excluding hydrogens is 464 g/mol. The minimum Gasteiger partial charge on any atom is -0.496 e. The zero-order valence-corrected chi connectivity index (χ0v) is 19.9. The highest BCUT2D eigenvalue weighted by Crippen LogP contribution is 2.28. The number of hydrogen-bond acceptors (Lipinski definition) is 5. The highest BCUT2D eigenvalue weighted by Gasteiger charge is 2.11. The first-order valence-corrected chi connectivity index (χ1v) is 11.4. The number of nitrogens with zero attached hydrogens (tertiary/aromatic N) is 1. The van der Waals surface area contributed by atoms with Crippen molar-refractivity contribution in [3.63, 3.8) is 0 Å². The number of hydrogen-bond donors (Lipinski definition) is 1. The smallest absolute Gasteiger partial charge is 0.255 e. The SMILES string of the molecule is COc1ccc(CSc2nc(C)c(Cc3ccc(OC(C)C)cc3)c(=O)[nH]2)cc1Br. The van der Waals surface area contributed by atoms with Gasteiger partial charge in [0, 0.05) is 23.4 Å². The van der Waals surface area contributed by atoms with Gasteiger partial charge in [0.2, 0.25) is 0 Å². The lowest BCUT2D eigenvalue weighted by molar-refractivity contribution is 0.242. The summed E-state index contributed by atoms with van der Waals surface area (Å²) < 4.78 is 11.8. The summed E-state index contributed by atoms with van der Waals surface area (Å²) in [7, 11) is 1.64. The van der Waals surface area contributed by atoms with Crippen molar-refractivity contribution in [2.24, 2.45) is 0 Å². The fourth-order valence-corrected chi connectivity index (χ4v) is 4.41. The van der Waals surface area contributed by atoms with Crippen molar-refractivity contribution in [2.45, 2.75) is 44.2 Å². The molecule has 0 spiro atoms. The zero-order valence-electron chi connectivity index (χ0n) is 17.5. The lowest BCUT2D eigenvalue weighted by atomic mass is 10.1. The molecule has 0 amide bonds. The van der Waals surface area contributed by atoms with Crippen LogP contribution in [0.5, 0.6) is 11.5 Å². The molecule has 5 nitrogen and oxygen atoms in total. The highest BCUT2D eigenvalue weighted by atomic mass is 79.9. The number of rotatable bonds is 8. The lowest BCUT2D eigenvalue weighted by Gasteiger charge is -2.11. The van der Waals surface area contributed by atoms with E-state index in [1.165, 1.54) is 11.8 Å². The van der Waals surface area contributed by atoms with Gasteiger partial charge >= 0.3 is 0 Å². The molecule has 0 aliphatic rings. The van der Waals surface area contributed by atoms with Crippen molar-refractivity contribution >= 4 is 27.7 Å². The second kappa shape index (κ2) is 10.2. The number of aromatic nitrogens is 2. The van der Waals surface area contributed by atoms with E-state index in [0.717, 1.165) is 32.8 Å². The summed E-state index contributed by atoms with van der Waals surface area (Å²) in [6.07, 6.45) is 0.668. The maximum atomic E-state index is 12.7. The number of methoxy groups -OCH3 is 1. The van der Waals surface area contributed by atoms with Crippen molar-refractivity contribution in [3.8, 4) is 11.5 Å². The van der Waals surface area contributed by atoms with Crippen molar-refractivity contribution in [3.05, 3.63) is 79.7 Å². The molecule has 0 saturated heterocycles. The number of benzene rings is 2. The van der Waals surface area contributed by atoms with Crippen LogP contribution in [0.3, 0.4) is 0 Å². The normalized spacial score (nSPS) is 11.0. The molecule has 158 valence electrons. The van der Waals surface area contributed by atoms with Crippen LogP contribution in [0.4, 0.5) is 0 Å². The first-order chi connectivity index (χ1) is 14.4. The maximum Gasteiger partial charge on any atom is 0.255 e. The Kier molecular flexibility index (Phi) is 7.61. The van der Waals surface area contributed by atoms with Gasteiger partial charge in [-0.15, -0.1) is 0 Å². The van der Waals surface area contributed by atoms with Crippen molar-refractivity contribution in [1.29, 1.82) is 0 Å². The Morgan fingerprint density at radius 2 is 1.83 bits per heavy atom. The Morgan fingerprint density at radius 1 is 1.13 bits per heavy atom. The molecular formula is C23H25BrN2O3S. The molecule has 0 fully saturated rings. The Hall–Kier alpha value is -2.25. The van der Waals surface area contributed by atoms with Gasteiger partial charge in [0.25, 0.3) is 5.56 Å². The van der Waals surface area contributed by atoms with Gasteiger partial charge in [-0.1, -0.05) is 30.0 Å². The average Bonchev–Trinajstić information content (AvgIpc) is 2.70. The fourth-order valence-electron chi connectivity index (χ4n) is 2.97. The topological polar surface area (TPSA) is 64.2 Å². The van der Waals surface area contributed by atoms with E-state index in [9.17, 15) is 4.79 Å². The Labute approximate surface area is 189 Å². The molecule has 0 bridgehead atoms. The molecule has 0 atom stereocenters. The Morgan fingerprint density at radius 3 is 2.43 bits per heavy atom. The van der Waals surface area contributed by atoms with Crippen molar-refractivity contribution in [2.75, 3.05) is 7.11 Å². The third kappa shape index (κ3) is 5.89. The number of halogens is 1. The number of aryl methyl sites for hydroxylation is 1. The van der Waals surface area contributed by atoms with Crippen molar-refractivity contribution in [1.82, 2.24) is 9.97 Å². The van der Waals surface area contributed by atoms with Gasteiger partial charge in [-0.25, -0.2) is 4.98 Å². The number of H-pyrrole nitrogens is 1. The fraction of sp³-hybridized carbons (Fsp3) is 0.304. The number of ether oxygens (including phenoxy) is 2. The minimum absolute atomic E-state index is 0.0941. The molecule has 1 heterocycles. The third-order valence-corrected chi connectivity index (χ3v) is 6.03. The molecule has 2 aromatic carbocycles. The summed E-state index contributed by atoms with van der Waals surface area (Å²) >= 11 is 5.00. The summed E-state index contributed by atoms with van der Waals surface area (Å²) in [5, 5.41) is 0.619. The molecule has 0 aliphatic heterocycles. The van der Waals surface area contributed by atoms with Crippen LogP contribution in [0.1, 0.15) is 36.2 Å². The summed E-state index contributed by atoms with van der Waals surface area (Å²) in [5.74, 6) is 2.32. The molecule has 30 heavy (non-hydrogen) atoms. The van der Waals surface area contributed by atoms with Gasteiger partial charge in [-0.2, -0.15) is 0 Å². The average molecular weight is 489 g/mol. The predicted octanol–water partition coefficient (Wildman–Crippen LogP) is 5.52. The molecule has 0 unspecified atom stereocenters. The molecule has 0 radical (unpaired) electrons. The Bertz CT molecular complexity index is 1070. The van der Waals surface area contributed by atoms with Gasteiger partial charge in [0.1, 0.15) is 11.5 Å². The second-order valence-corrected chi connectivity index (χ2v) is 9.00. The third-order valence-electron chi connectivity index (χ3n) is 4.47. The maximum absolute atomic E-state index is 12.7. The molecule has 0 saturated carbocycles. The summed E-state index contributed by atoms with van der Waals surface area (Å²) in [4.78, 5) is 20.2. The van der Waals surface area contributed by atoms with Crippen LogP contribution >= 0.6 is 27.7 Å². The summed E-state index contributed by atoms with van der Waals surface area (Å²) in [6, 6.07) is 13.8. The molecule has 1 N–H and O–H groups in total.